The molecule has 3 aliphatic rings. The van der Waals surface area contributed by atoms with Gasteiger partial charge in [0.15, 0.2) is 0 Å². The predicted octanol–water partition coefficient (Wildman–Crippen LogP) is 1.80. The van der Waals surface area contributed by atoms with E-state index in [1.807, 2.05) is 0 Å². The van der Waals surface area contributed by atoms with Gasteiger partial charge in [-0.2, -0.15) is 0 Å². The molecule has 3 heterocycles. The molecular weight excluding hydrogens is 258 g/mol. The molecule has 0 bridgehead atoms. The van der Waals surface area contributed by atoms with Gasteiger partial charge in [0.25, 0.3) is 0 Å². The molecule has 0 saturated carbocycles. The maximum Gasteiger partial charge on any atom is 0.0234 e. The van der Waals surface area contributed by atoms with Crippen molar-refractivity contribution in [2.75, 3.05) is 39.3 Å². The van der Waals surface area contributed by atoms with Gasteiger partial charge in [0.1, 0.15) is 0 Å². The maximum atomic E-state index is 3.55. The maximum absolute atomic E-state index is 3.55. The summed E-state index contributed by atoms with van der Waals surface area (Å²) in [7, 11) is 0. The van der Waals surface area contributed by atoms with Crippen LogP contribution in [0.3, 0.4) is 0 Å². The highest BCUT2D eigenvalue weighted by molar-refractivity contribution is 5.14. The first-order valence-corrected chi connectivity index (χ1v) is 8.59. The number of benzene rings is 1. The van der Waals surface area contributed by atoms with Crippen LogP contribution in [0.5, 0.6) is 0 Å². The molecule has 0 amide bonds. The second-order valence-electron chi connectivity index (χ2n) is 7.15. The quantitative estimate of drug-likeness (QED) is 0.913. The van der Waals surface area contributed by atoms with Crippen molar-refractivity contribution in [3.8, 4) is 0 Å². The van der Waals surface area contributed by atoms with Crippen LogP contribution in [-0.2, 0) is 6.54 Å². The van der Waals surface area contributed by atoms with Crippen LogP contribution in [0.1, 0.15) is 18.4 Å². The van der Waals surface area contributed by atoms with E-state index in [0.717, 1.165) is 24.4 Å². The largest absolute Gasteiger partial charge is 0.316 e. The first-order valence-electron chi connectivity index (χ1n) is 8.59. The van der Waals surface area contributed by atoms with E-state index in [9.17, 15) is 0 Å². The molecule has 21 heavy (non-hydrogen) atoms. The molecule has 1 N–H and O–H groups in total. The minimum atomic E-state index is 0.799. The van der Waals surface area contributed by atoms with Crippen molar-refractivity contribution >= 4 is 0 Å². The lowest BCUT2D eigenvalue weighted by Gasteiger charge is -2.38. The Hall–Kier alpha value is -0.900. The number of hydrogen-bond donors (Lipinski definition) is 1. The Morgan fingerprint density at radius 2 is 1.76 bits per heavy atom. The van der Waals surface area contributed by atoms with Crippen LogP contribution in [-0.4, -0.2) is 55.1 Å². The lowest BCUT2D eigenvalue weighted by atomic mass is 10.0. The van der Waals surface area contributed by atoms with E-state index in [0.29, 0.717) is 0 Å². The molecule has 1 unspecified atom stereocenters. The summed E-state index contributed by atoms with van der Waals surface area (Å²) in [5.74, 6) is 1.85. The van der Waals surface area contributed by atoms with Gasteiger partial charge in [0.2, 0.25) is 0 Å². The number of rotatable bonds is 3. The van der Waals surface area contributed by atoms with Crippen LogP contribution >= 0.6 is 0 Å². The fraction of sp³-hybridized carbons (Fsp3) is 0.667. The van der Waals surface area contributed by atoms with Gasteiger partial charge in [0, 0.05) is 32.2 Å². The highest BCUT2D eigenvalue weighted by Crippen LogP contribution is 2.30. The summed E-state index contributed by atoms with van der Waals surface area (Å²) in [6, 6.07) is 11.7. The van der Waals surface area contributed by atoms with Crippen LogP contribution in [0, 0.1) is 11.8 Å². The second-order valence-corrected chi connectivity index (χ2v) is 7.15. The molecule has 0 aliphatic carbocycles. The topological polar surface area (TPSA) is 18.5 Å². The second kappa shape index (κ2) is 6.07. The van der Waals surface area contributed by atoms with Crippen molar-refractivity contribution < 1.29 is 0 Å². The molecule has 3 fully saturated rings. The molecule has 4 rings (SSSR count). The van der Waals surface area contributed by atoms with Gasteiger partial charge in [-0.15, -0.1) is 0 Å². The zero-order chi connectivity index (χ0) is 14.1. The van der Waals surface area contributed by atoms with Gasteiger partial charge >= 0.3 is 0 Å². The number of fused-ring (bicyclic) bond motifs is 1. The zero-order valence-corrected chi connectivity index (χ0v) is 12.9. The molecule has 0 aromatic heterocycles. The molecule has 3 nitrogen and oxygen atoms in total. The van der Waals surface area contributed by atoms with E-state index >= 15 is 0 Å². The molecule has 3 saturated heterocycles. The molecule has 1 aromatic carbocycles. The normalized spacial score (nSPS) is 34.2. The van der Waals surface area contributed by atoms with Crippen LogP contribution < -0.4 is 5.32 Å². The monoisotopic (exact) mass is 285 g/mol. The molecule has 3 heteroatoms. The molecule has 3 atom stereocenters. The van der Waals surface area contributed by atoms with Gasteiger partial charge in [-0.1, -0.05) is 30.3 Å². The van der Waals surface area contributed by atoms with Crippen molar-refractivity contribution in [2.24, 2.45) is 11.8 Å². The summed E-state index contributed by atoms with van der Waals surface area (Å²) in [4.78, 5) is 5.46. The van der Waals surface area contributed by atoms with Gasteiger partial charge in [-0.25, -0.2) is 0 Å². The summed E-state index contributed by atoms with van der Waals surface area (Å²) < 4.78 is 0. The highest BCUT2D eigenvalue weighted by atomic mass is 15.3. The third-order valence-corrected chi connectivity index (χ3v) is 5.66. The van der Waals surface area contributed by atoms with Crippen LogP contribution in [0.15, 0.2) is 30.3 Å². The molecule has 0 spiro atoms. The lowest BCUT2D eigenvalue weighted by Crippen LogP contribution is -2.47. The Bertz CT molecular complexity index is 449. The van der Waals surface area contributed by atoms with Gasteiger partial charge in [-0.05, 0) is 49.9 Å². The fourth-order valence-electron chi connectivity index (χ4n) is 4.50. The summed E-state index contributed by atoms with van der Waals surface area (Å²) in [5, 5.41) is 3.55. The Morgan fingerprint density at radius 3 is 2.52 bits per heavy atom. The average molecular weight is 285 g/mol. The smallest absolute Gasteiger partial charge is 0.0234 e. The highest BCUT2D eigenvalue weighted by Gasteiger charge is 2.39. The summed E-state index contributed by atoms with van der Waals surface area (Å²) >= 11 is 0. The molecule has 3 aliphatic heterocycles. The number of nitrogens with zero attached hydrogens (tertiary/aromatic N) is 2. The van der Waals surface area contributed by atoms with E-state index in [-0.39, 0.29) is 0 Å². The van der Waals surface area contributed by atoms with Crippen molar-refractivity contribution in [1.82, 2.24) is 15.1 Å². The van der Waals surface area contributed by atoms with Gasteiger partial charge in [0.05, 0.1) is 0 Å². The Balaban J connectivity index is 1.35. The third kappa shape index (κ3) is 3.01. The van der Waals surface area contributed by atoms with Crippen LogP contribution in [0.2, 0.25) is 0 Å². The standard InChI is InChI=1S/C18H27N3/c1-2-5-15(6-3-1)11-20-8-4-7-18(14-20)21-12-16-9-19-10-17(16)13-21/h1-3,5-6,16-19H,4,7-14H2/t16-,17+,18?. The lowest BCUT2D eigenvalue weighted by molar-refractivity contribution is 0.105. The summed E-state index contributed by atoms with van der Waals surface area (Å²) in [6.07, 6.45) is 2.76. The van der Waals surface area contributed by atoms with Crippen molar-refractivity contribution in [3.63, 3.8) is 0 Å². The van der Waals surface area contributed by atoms with Gasteiger partial charge < -0.3 is 5.32 Å². The SMILES string of the molecule is c1ccc(CN2CCCC(N3C[C@H]4CNC[C@H]4C3)C2)cc1. The minimum absolute atomic E-state index is 0.799. The first-order chi connectivity index (χ1) is 10.4. The average Bonchev–Trinajstić information content (AvgIpc) is 3.10. The zero-order valence-electron chi connectivity index (χ0n) is 12.9. The van der Waals surface area contributed by atoms with Crippen molar-refractivity contribution in [1.29, 1.82) is 0 Å². The number of piperidine rings is 1. The van der Waals surface area contributed by atoms with Crippen molar-refractivity contribution in [2.45, 2.75) is 25.4 Å². The molecule has 0 radical (unpaired) electrons. The Morgan fingerprint density at radius 1 is 1.00 bits per heavy atom. The third-order valence-electron chi connectivity index (χ3n) is 5.66. The van der Waals surface area contributed by atoms with E-state index in [4.69, 9.17) is 0 Å². The molecular formula is C18H27N3. The molecule has 1 aromatic rings. The Kier molecular flexibility index (Phi) is 3.97. The Labute approximate surface area is 128 Å². The minimum Gasteiger partial charge on any atom is -0.316 e. The summed E-state index contributed by atoms with van der Waals surface area (Å²) in [5.41, 5.74) is 1.46. The van der Waals surface area contributed by atoms with E-state index in [1.54, 1.807) is 0 Å². The van der Waals surface area contributed by atoms with Gasteiger partial charge in [-0.3, -0.25) is 9.80 Å². The van der Waals surface area contributed by atoms with Crippen molar-refractivity contribution in [3.05, 3.63) is 35.9 Å². The fourth-order valence-corrected chi connectivity index (χ4v) is 4.50. The number of likely N-dealkylation sites (tertiary alicyclic amines) is 2. The van der Waals surface area contributed by atoms with E-state index in [1.165, 1.54) is 57.7 Å². The van der Waals surface area contributed by atoms with Crippen LogP contribution in [0.25, 0.3) is 0 Å². The first kappa shape index (κ1) is 13.7. The number of nitrogens with one attached hydrogen (secondary N) is 1. The number of hydrogen-bond acceptors (Lipinski definition) is 3. The predicted molar refractivity (Wildman–Crippen MR) is 86.2 cm³/mol. The summed E-state index contributed by atoms with van der Waals surface area (Å²) in [6.45, 7) is 8.83. The molecule has 114 valence electrons. The van der Waals surface area contributed by atoms with E-state index < -0.39 is 0 Å². The van der Waals surface area contributed by atoms with E-state index in [2.05, 4.69) is 45.4 Å². The van der Waals surface area contributed by atoms with Crippen LogP contribution in [0.4, 0.5) is 0 Å².